The van der Waals surface area contributed by atoms with Crippen LogP contribution in [0.2, 0.25) is 0 Å². The Hall–Kier alpha value is -5.94. The first-order chi connectivity index (χ1) is 21.1. The Morgan fingerprint density at radius 2 is 0.884 bits per heavy atom. The summed E-state index contributed by atoms with van der Waals surface area (Å²) in [7, 11) is 0. The topological polar surface area (TPSA) is 62.2 Å². The summed E-state index contributed by atoms with van der Waals surface area (Å²) < 4.78 is 12.0. The van der Waals surface area contributed by atoms with Crippen LogP contribution in [0.25, 0.3) is 12.2 Å². The van der Waals surface area contributed by atoms with Crippen LogP contribution in [0.15, 0.2) is 152 Å². The molecule has 0 atom stereocenters. The molecule has 0 aliphatic heterocycles. The van der Waals surface area contributed by atoms with Crippen molar-refractivity contribution in [2.75, 3.05) is 4.90 Å². The highest BCUT2D eigenvalue weighted by molar-refractivity contribution is 5.79. The molecule has 2 N–H and O–H groups in total. The predicted octanol–water partition coefficient (Wildman–Crippen LogP) is 10.3. The minimum atomic E-state index is 0.143. The van der Waals surface area contributed by atoms with Crippen molar-refractivity contribution in [2.24, 2.45) is 0 Å². The van der Waals surface area contributed by atoms with Gasteiger partial charge in [-0.05, 0) is 83.9 Å². The van der Waals surface area contributed by atoms with E-state index in [2.05, 4.69) is 53.5 Å². The number of rotatable bonds is 9. The molecule has 0 unspecified atom stereocenters. The smallest absolute Gasteiger partial charge is 0.131 e. The first-order valence-electron chi connectivity index (χ1n) is 13.9. The second-order valence-electron chi connectivity index (χ2n) is 9.86. The Labute approximate surface area is 250 Å². The molecular formula is C38H29NO4. The van der Waals surface area contributed by atoms with Gasteiger partial charge in [0.1, 0.15) is 34.5 Å². The zero-order valence-corrected chi connectivity index (χ0v) is 23.2. The largest absolute Gasteiger partial charge is 0.508 e. The summed E-state index contributed by atoms with van der Waals surface area (Å²) in [6, 6.07) is 47.6. The fourth-order valence-electron chi connectivity index (χ4n) is 4.65. The monoisotopic (exact) mass is 563 g/mol. The molecule has 43 heavy (non-hydrogen) atoms. The zero-order chi connectivity index (χ0) is 29.4. The van der Waals surface area contributed by atoms with Gasteiger partial charge in [0.15, 0.2) is 0 Å². The molecular weight excluding hydrogens is 534 g/mol. The Morgan fingerprint density at radius 3 is 1.47 bits per heavy atom. The molecule has 0 saturated heterocycles. The second-order valence-corrected chi connectivity index (χ2v) is 9.86. The molecule has 0 aliphatic rings. The van der Waals surface area contributed by atoms with Crippen molar-refractivity contribution in [3.05, 3.63) is 163 Å². The molecule has 5 heteroatoms. The zero-order valence-electron chi connectivity index (χ0n) is 23.2. The number of hydrogen-bond donors (Lipinski definition) is 2. The normalized spacial score (nSPS) is 10.9. The van der Waals surface area contributed by atoms with Gasteiger partial charge in [-0.2, -0.15) is 0 Å². The van der Waals surface area contributed by atoms with Crippen LogP contribution < -0.4 is 14.4 Å². The van der Waals surface area contributed by atoms with Gasteiger partial charge in [0.25, 0.3) is 0 Å². The van der Waals surface area contributed by atoms with Crippen LogP contribution >= 0.6 is 0 Å². The fraction of sp³-hybridized carbons (Fsp3) is 0. The third-order valence-electron chi connectivity index (χ3n) is 6.70. The lowest BCUT2D eigenvalue weighted by Crippen LogP contribution is -2.10. The molecule has 0 radical (unpaired) electrons. The number of phenolic OH excluding ortho intramolecular Hbond substituents is 2. The molecule has 6 aromatic rings. The van der Waals surface area contributed by atoms with E-state index >= 15 is 0 Å². The number of aromatic hydroxyl groups is 2. The van der Waals surface area contributed by atoms with E-state index in [1.807, 2.05) is 66.7 Å². The quantitative estimate of drug-likeness (QED) is 0.171. The Morgan fingerprint density at radius 1 is 0.395 bits per heavy atom. The predicted molar refractivity (Wildman–Crippen MR) is 173 cm³/mol. The SMILES string of the molecule is Oc1cccc(Oc2ccc(N(c3ccc(C=Cc4ccccc4)cc3)c3cccc(Oc4cccc(O)c4)c3)cc2)c1. The Balaban J connectivity index is 1.32. The Kier molecular flexibility index (Phi) is 8.05. The third kappa shape index (κ3) is 7.04. The highest BCUT2D eigenvalue weighted by Gasteiger charge is 2.14. The first-order valence-corrected chi connectivity index (χ1v) is 13.9. The van der Waals surface area contributed by atoms with E-state index < -0.39 is 0 Å². The standard InChI is InChI=1S/C38H29NO4/c40-33-10-5-13-37(26-33)42-35-23-21-31(22-24-35)39(30-19-17-29(18-20-30)16-15-28-7-2-1-3-8-28)32-9-4-12-36(25-32)43-38-14-6-11-34(41)27-38/h1-27,40-41H. The number of hydrogen-bond acceptors (Lipinski definition) is 5. The van der Waals surface area contributed by atoms with Gasteiger partial charge >= 0.3 is 0 Å². The molecule has 0 bridgehead atoms. The Bertz CT molecular complexity index is 1830. The summed E-state index contributed by atoms with van der Waals surface area (Å²) >= 11 is 0. The molecule has 0 spiro atoms. The highest BCUT2D eigenvalue weighted by Crippen LogP contribution is 2.38. The van der Waals surface area contributed by atoms with Crippen LogP contribution in [0, 0.1) is 0 Å². The minimum absolute atomic E-state index is 0.143. The molecule has 0 fully saturated rings. The first kappa shape index (κ1) is 27.2. The molecule has 6 aromatic carbocycles. The van der Waals surface area contributed by atoms with Crippen molar-refractivity contribution in [1.82, 2.24) is 0 Å². The summed E-state index contributed by atoms with van der Waals surface area (Å²) in [5, 5.41) is 19.7. The van der Waals surface area contributed by atoms with E-state index in [4.69, 9.17) is 9.47 Å². The number of anilines is 3. The maximum atomic E-state index is 9.87. The average Bonchev–Trinajstić information content (AvgIpc) is 3.02. The highest BCUT2D eigenvalue weighted by atomic mass is 16.5. The summed E-state index contributed by atoms with van der Waals surface area (Å²) in [5.74, 6) is 2.68. The van der Waals surface area contributed by atoms with E-state index in [0.29, 0.717) is 23.0 Å². The van der Waals surface area contributed by atoms with Gasteiger partial charge in [-0.1, -0.05) is 72.8 Å². The molecule has 0 amide bonds. The number of ether oxygens (including phenoxy) is 2. The maximum absolute atomic E-state index is 9.87. The third-order valence-corrected chi connectivity index (χ3v) is 6.70. The van der Waals surface area contributed by atoms with Crippen LogP contribution in [0.4, 0.5) is 17.1 Å². The summed E-state index contributed by atoms with van der Waals surface area (Å²) in [4.78, 5) is 2.14. The van der Waals surface area contributed by atoms with Gasteiger partial charge in [0.05, 0.1) is 0 Å². The van der Waals surface area contributed by atoms with Crippen molar-refractivity contribution in [3.63, 3.8) is 0 Å². The van der Waals surface area contributed by atoms with Crippen molar-refractivity contribution in [1.29, 1.82) is 0 Å². The van der Waals surface area contributed by atoms with E-state index in [1.165, 1.54) is 0 Å². The van der Waals surface area contributed by atoms with E-state index in [9.17, 15) is 10.2 Å². The van der Waals surface area contributed by atoms with Gasteiger partial charge in [0, 0.05) is 35.3 Å². The summed E-state index contributed by atoms with van der Waals surface area (Å²) in [5.41, 5.74) is 5.01. The van der Waals surface area contributed by atoms with Crippen LogP contribution in [-0.4, -0.2) is 10.2 Å². The molecule has 0 aliphatic carbocycles. The van der Waals surface area contributed by atoms with E-state index in [0.717, 1.165) is 28.2 Å². The van der Waals surface area contributed by atoms with Crippen molar-refractivity contribution < 1.29 is 19.7 Å². The van der Waals surface area contributed by atoms with Crippen LogP contribution in [0.1, 0.15) is 11.1 Å². The van der Waals surface area contributed by atoms with Crippen LogP contribution in [-0.2, 0) is 0 Å². The summed E-state index contributed by atoms with van der Waals surface area (Å²) in [6.45, 7) is 0. The maximum Gasteiger partial charge on any atom is 0.131 e. The molecule has 0 heterocycles. The molecule has 5 nitrogen and oxygen atoms in total. The lowest BCUT2D eigenvalue weighted by molar-refractivity contribution is 0.454. The van der Waals surface area contributed by atoms with Crippen molar-refractivity contribution in [3.8, 4) is 34.5 Å². The fourth-order valence-corrected chi connectivity index (χ4v) is 4.65. The van der Waals surface area contributed by atoms with Crippen molar-refractivity contribution >= 4 is 29.2 Å². The van der Waals surface area contributed by atoms with Gasteiger partial charge in [0.2, 0.25) is 0 Å². The average molecular weight is 564 g/mol. The van der Waals surface area contributed by atoms with Gasteiger partial charge < -0.3 is 24.6 Å². The van der Waals surface area contributed by atoms with Crippen LogP contribution in [0.5, 0.6) is 34.5 Å². The number of benzene rings is 6. The van der Waals surface area contributed by atoms with Gasteiger partial charge in [-0.25, -0.2) is 0 Å². The lowest BCUT2D eigenvalue weighted by atomic mass is 10.1. The van der Waals surface area contributed by atoms with Crippen molar-refractivity contribution in [2.45, 2.75) is 0 Å². The molecule has 6 rings (SSSR count). The molecule has 0 aromatic heterocycles. The number of phenols is 2. The second kappa shape index (κ2) is 12.7. The van der Waals surface area contributed by atoms with E-state index in [-0.39, 0.29) is 11.5 Å². The molecule has 210 valence electrons. The number of nitrogens with zero attached hydrogens (tertiary/aromatic N) is 1. The lowest BCUT2D eigenvalue weighted by Gasteiger charge is -2.26. The minimum Gasteiger partial charge on any atom is -0.508 e. The van der Waals surface area contributed by atoms with Crippen LogP contribution in [0.3, 0.4) is 0 Å². The van der Waals surface area contributed by atoms with Gasteiger partial charge in [-0.3, -0.25) is 0 Å². The summed E-state index contributed by atoms with van der Waals surface area (Å²) in [6.07, 6.45) is 4.20. The van der Waals surface area contributed by atoms with Gasteiger partial charge in [-0.15, -0.1) is 0 Å². The molecule has 0 saturated carbocycles. The van der Waals surface area contributed by atoms with E-state index in [1.54, 1.807) is 48.5 Å².